The van der Waals surface area contributed by atoms with Crippen LogP contribution in [0.3, 0.4) is 0 Å². The summed E-state index contributed by atoms with van der Waals surface area (Å²) in [6.07, 6.45) is 3.11. The number of likely N-dealkylation sites (tertiary alicyclic amines) is 1. The van der Waals surface area contributed by atoms with Gasteiger partial charge >= 0.3 is 5.97 Å². The van der Waals surface area contributed by atoms with E-state index in [2.05, 4.69) is 10.3 Å². The van der Waals surface area contributed by atoms with Gasteiger partial charge in [-0.1, -0.05) is 19.1 Å². The van der Waals surface area contributed by atoms with Gasteiger partial charge in [0.2, 0.25) is 5.91 Å². The summed E-state index contributed by atoms with van der Waals surface area (Å²) in [6.45, 7) is 5.19. The average Bonchev–Trinajstić information content (AvgIpc) is 2.78. The molecule has 7 heteroatoms. The second-order valence-corrected chi connectivity index (χ2v) is 4.80. The van der Waals surface area contributed by atoms with Crippen molar-refractivity contribution in [1.29, 1.82) is 0 Å². The first kappa shape index (κ1) is 13.5. The molecule has 0 saturated carbocycles. The number of amides is 1. The fraction of sp³-hybridized carbons (Fsp3) is 0.667. The fourth-order valence-electron chi connectivity index (χ4n) is 2.25. The van der Waals surface area contributed by atoms with E-state index < -0.39 is 5.97 Å². The third-order valence-corrected chi connectivity index (χ3v) is 3.61. The molecule has 1 N–H and O–H groups in total. The number of hydrogen-bond acceptors (Lipinski definition) is 4. The molecule has 2 rings (SSSR count). The summed E-state index contributed by atoms with van der Waals surface area (Å²) >= 11 is 0. The molecule has 1 amide bonds. The van der Waals surface area contributed by atoms with Crippen LogP contribution in [0.15, 0.2) is 6.20 Å². The van der Waals surface area contributed by atoms with Crippen LogP contribution in [0.2, 0.25) is 0 Å². The largest absolute Gasteiger partial charge is 0.476 e. The standard InChI is InChI=1S/C12H18N4O3/c1-3-8(4-2)11(17)15-5-9(6-15)16-7-10(12(18)19)13-14-16/h7-9H,3-6H2,1-2H3,(H,18,19). The van der Waals surface area contributed by atoms with Gasteiger partial charge in [-0.2, -0.15) is 0 Å². The Balaban J connectivity index is 1.92. The number of carbonyl (C=O) groups excluding carboxylic acids is 1. The van der Waals surface area contributed by atoms with Gasteiger partial charge in [0.1, 0.15) is 0 Å². The van der Waals surface area contributed by atoms with E-state index in [1.165, 1.54) is 10.9 Å². The summed E-state index contributed by atoms with van der Waals surface area (Å²) in [7, 11) is 0. The summed E-state index contributed by atoms with van der Waals surface area (Å²) in [4.78, 5) is 24.6. The first-order valence-corrected chi connectivity index (χ1v) is 6.50. The van der Waals surface area contributed by atoms with Gasteiger partial charge < -0.3 is 10.0 Å². The van der Waals surface area contributed by atoms with Crippen molar-refractivity contribution in [3.05, 3.63) is 11.9 Å². The second-order valence-electron chi connectivity index (χ2n) is 4.80. The average molecular weight is 266 g/mol. The van der Waals surface area contributed by atoms with Crippen molar-refractivity contribution in [2.75, 3.05) is 13.1 Å². The summed E-state index contributed by atoms with van der Waals surface area (Å²) in [6, 6.07) is 0.0407. The number of hydrogen-bond donors (Lipinski definition) is 1. The maximum Gasteiger partial charge on any atom is 0.358 e. The van der Waals surface area contributed by atoms with Crippen molar-refractivity contribution < 1.29 is 14.7 Å². The third-order valence-electron chi connectivity index (χ3n) is 3.61. The number of carboxylic acids is 1. The van der Waals surface area contributed by atoms with Gasteiger partial charge in [-0.25, -0.2) is 9.48 Å². The Morgan fingerprint density at radius 1 is 1.42 bits per heavy atom. The molecule has 0 unspecified atom stereocenters. The smallest absolute Gasteiger partial charge is 0.358 e. The number of carboxylic acid groups (broad SMARTS) is 1. The molecule has 0 spiro atoms. The first-order valence-electron chi connectivity index (χ1n) is 6.50. The molecular weight excluding hydrogens is 248 g/mol. The summed E-state index contributed by atoms with van der Waals surface area (Å²) in [5, 5.41) is 16.1. The molecule has 0 aliphatic carbocycles. The molecule has 19 heavy (non-hydrogen) atoms. The molecule has 1 saturated heterocycles. The number of aromatic nitrogens is 3. The molecule has 1 aliphatic rings. The van der Waals surface area contributed by atoms with Crippen LogP contribution in [0, 0.1) is 5.92 Å². The van der Waals surface area contributed by atoms with Gasteiger partial charge in [-0.15, -0.1) is 5.10 Å². The second kappa shape index (κ2) is 5.38. The molecule has 1 aliphatic heterocycles. The van der Waals surface area contributed by atoms with Crippen LogP contribution in [0.4, 0.5) is 0 Å². The van der Waals surface area contributed by atoms with E-state index in [1.54, 1.807) is 4.90 Å². The van der Waals surface area contributed by atoms with Crippen LogP contribution in [0.1, 0.15) is 43.2 Å². The SMILES string of the molecule is CCC(CC)C(=O)N1CC(n2cc(C(=O)O)nn2)C1. The Morgan fingerprint density at radius 3 is 2.53 bits per heavy atom. The highest BCUT2D eigenvalue weighted by molar-refractivity contribution is 5.84. The summed E-state index contributed by atoms with van der Waals surface area (Å²) in [5.74, 6) is -0.818. The molecule has 0 radical (unpaired) electrons. The van der Waals surface area contributed by atoms with Gasteiger partial charge in [-0.3, -0.25) is 4.79 Å². The minimum absolute atomic E-state index is 0.0407. The minimum atomic E-state index is -1.09. The van der Waals surface area contributed by atoms with Crippen LogP contribution < -0.4 is 0 Å². The lowest BCUT2D eigenvalue weighted by Gasteiger charge is -2.40. The molecule has 2 heterocycles. The van der Waals surface area contributed by atoms with E-state index in [0.717, 1.165) is 12.8 Å². The van der Waals surface area contributed by atoms with E-state index in [4.69, 9.17) is 5.11 Å². The zero-order chi connectivity index (χ0) is 14.0. The first-order chi connectivity index (χ1) is 9.06. The number of rotatable bonds is 5. The van der Waals surface area contributed by atoms with Crippen molar-refractivity contribution in [3.8, 4) is 0 Å². The van der Waals surface area contributed by atoms with Crippen molar-refractivity contribution in [2.24, 2.45) is 5.92 Å². The monoisotopic (exact) mass is 266 g/mol. The third kappa shape index (κ3) is 2.59. The Bertz CT molecular complexity index is 475. The van der Waals surface area contributed by atoms with Crippen LogP contribution in [0.5, 0.6) is 0 Å². The highest BCUT2D eigenvalue weighted by atomic mass is 16.4. The van der Waals surface area contributed by atoms with Crippen LogP contribution >= 0.6 is 0 Å². The van der Waals surface area contributed by atoms with Crippen molar-refractivity contribution in [2.45, 2.75) is 32.7 Å². The lowest BCUT2D eigenvalue weighted by Crippen LogP contribution is -2.52. The Labute approximate surface area is 111 Å². The molecule has 0 bridgehead atoms. The summed E-state index contributed by atoms with van der Waals surface area (Å²) in [5.41, 5.74) is -0.0650. The van der Waals surface area contributed by atoms with Gasteiger partial charge in [0.15, 0.2) is 5.69 Å². The number of aromatic carboxylic acids is 1. The minimum Gasteiger partial charge on any atom is -0.476 e. The summed E-state index contributed by atoms with van der Waals surface area (Å²) < 4.78 is 1.53. The van der Waals surface area contributed by atoms with Gasteiger partial charge in [0, 0.05) is 19.0 Å². The zero-order valence-electron chi connectivity index (χ0n) is 11.1. The molecule has 0 aromatic carbocycles. The van der Waals surface area contributed by atoms with Gasteiger partial charge in [0.05, 0.1) is 12.2 Å². The Morgan fingerprint density at radius 2 is 2.05 bits per heavy atom. The maximum atomic E-state index is 12.1. The predicted octanol–water partition coefficient (Wildman–Crippen LogP) is 0.796. The zero-order valence-corrected chi connectivity index (χ0v) is 11.1. The predicted molar refractivity (Wildman–Crippen MR) is 66.7 cm³/mol. The lowest BCUT2D eigenvalue weighted by atomic mass is 9.98. The molecule has 1 aromatic rings. The number of nitrogens with zero attached hydrogens (tertiary/aromatic N) is 4. The highest BCUT2D eigenvalue weighted by Crippen LogP contribution is 2.24. The molecule has 0 atom stereocenters. The highest BCUT2D eigenvalue weighted by Gasteiger charge is 2.35. The van der Waals surface area contributed by atoms with Crippen molar-refractivity contribution in [3.63, 3.8) is 0 Å². The van der Waals surface area contributed by atoms with Crippen LogP contribution in [0.25, 0.3) is 0 Å². The lowest BCUT2D eigenvalue weighted by molar-refractivity contribution is -0.141. The molecule has 104 valence electrons. The molecule has 1 aromatic heterocycles. The quantitative estimate of drug-likeness (QED) is 0.851. The molecular formula is C12H18N4O3. The topological polar surface area (TPSA) is 88.3 Å². The van der Waals surface area contributed by atoms with E-state index in [-0.39, 0.29) is 23.6 Å². The van der Waals surface area contributed by atoms with Crippen LogP contribution in [-0.4, -0.2) is 50.0 Å². The van der Waals surface area contributed by atoms with Crippen molar-refractivity contribution >= 4 is 11.9 Å². The normalized spacial score (nSPS) is 15.6. The van der Waals surface area contributed by atoms with Gasteiger partial charge in [-0.05, 0) is 12.8 Å². The van der Waals surface area contributed by atoms with Gasteiger partial charge in [0.25, 0.3) is 0 Å². The Hall–Kier alpha value is -1.92. The maximum absolute atomic E-state index is 12.1. The van der Waals surface area contributed by atoms with E-state index in [1.807, 2.05) is 13.8 Å². The van der Waals surface area contributed by atoms with Crippen molar-refractivity contribution in [1.82, 2.24) is 19.9 Å². The van der Waals surface area contributed by atoms with E-state index in [0.29, 0.717) is 13.1 Å². The number of carbonyl (C=O) groups is 2. The van der Waals surface area contributed by atoms with Crippen LogP contribution in [-0.2, 0) is 4.79 Å². The fourth-order valence-corrected chi connectivity index (χ4v) is 2.25. The van der Waals surface area contributed by atoms with E-state index in [9.17, 15) is 9.59 Å². The molecule has 1 fully saturated rings. The Kier molecular flexibility index (Phi) is 3.82. The molecule has 7 nitrogen and oxygen atoms in total. The van der Waals surface area contributed by atoms with E-state index >= 15 is 0 Å².